The third-order valence-electron chi connectivity index (χ3n) is 1.79. The predicted molar refractivity (Wildman–Crippen MR) is 57.0 cm³/mol. The number of anilines is 2. The number of nitrogens with one attached hydrogen (secondary N) is 3. The highest BCUT2D eigenvalue weighted by Gasteiger charge is 2.10. The van der Waals surface area contributed by atoms with E-state index in [4.69, 9.17) is 5.84 Å². The van der Waals surface area contributed by atoms with Crippen LogP contribution in [0, 0.1) is 0 Å². The smallest absolute Gasteiger partial charge is 0.241 e. The van der Waals surface area contributed by atoms with Crippen molar-refractivity contribution in [1.29, 1.82) is 0 Å². The molecule has 7 heteroatoms. The molecule has 0 saturated carbocycles. The van der Waals surface area contributed by atoms with Crippen LogP contribution in [-0.2, 0) is 4.79 Å². The molecule has 1 unspecified atom stereocenters. The molecule has 0 spiro atoms. The lowest BCUT2D eigenvalue weighted by Crippen LogP contribution is -2.35. The molecule has 0 aromatic carbocycles. The highest BCUT2D eigenvalue weighted by atomic mass is 16.2. The molecule has 1 amide bonds. The van der Waals surface area contributed by atoms with Crippen molar-refractivity contribution >= 4 is 17.7 Å². The van der Waals surface area contributed by atoms with Crippen molar-refractivity contribution in [3.05, 3.63) is 12.3 Å². The summed E-state index contributed by atoms with van der Waals surface area (Å²) in [6.07, 6.45) is 1.54. The van der Waals surface area contributed by atoms with E-state index in [1.807, 2.05) is 0 Å². The molecule has 1 aromatic rings. The monoisotopic (exact) mass is 210 g/mol. The molecule has 1 atom stereocenters. The SMILES string of the molecule is CNC(=O)C(C)Nc1ccnc(NN)n1. The van der Waals surface area contributed by atoms with Crippen LogP contribution in [0.4, 0.5) is 11.8 Å². The number of carbonyl (C=O) groups excluding carboxylic acids is 1. The summed E-state index contributed by atoms with van der Waals surface area (Å²) < 4.78 is 0. The fourth-order valence-corrected chi connectivity index (χ4v) is 1.01. The summed E-state index contributed by atoms with van der Waals surface area (Å²) in [7, 11) is 1.58. The Bertz CT molecular complexity index is 342. The van der Waals surface area contributed by atoms with E-state index in [0.717, 1.165) is 0 Å². The van der Waals surface area contributed by atoms with Crippen LogP contribution >= 0.6 is 0 Å². The highest BCUT2D eigenvalue weighted by Crippen LogP contribution is 2.05. The lowest BCUT2D eigenvalue weighted by molar-refractivity contribution is -0.121. The maximum atomic E-state index is 11.2. The number of hydrogen-bond donors (Lipinski definition) is 4. The second-order valence-corrected chi connectivity index (χ2v) is 2.89. The molecule has 15 heavy (non-hydrogen) atoms. The van der Waals surface area contributed by atoms with Gasteiger partial charge in [-0.3, -0.25) is 10.2 Å². The Morgan fingerprint density at radius 3 is 2.93 bits per heavy atom. The molecule has 1 aromatic heterocycles. The molecule has 0 fully saturated rings. The molecule has 0 aliphatic heterocycles. The third kappa shape index (κ3) is 3.06. The molecule has 5 N–H and O–H groups in total. The molecular weight excluding hydrogens is 196 g/mol. The number of nitrogens with two attached hydrogens (primary N) is 1. The van der Waals surface area contributed by atoms with Gasteiger partial charge in [0.1, 0.15) is 11.9 Å². The maximum absolute atomic E-state index is 11.2. The number of hydrazine groups is 1. The standard InChI is InChI=1S/C8H14N6O/c1-5(7(15)10-2)12-6-3-4-11-8(13-6)14-9/h3-5H,9H2,1-2H3,(H,10,15)(H2,11,12,13,14). The van der Waals surface area contributed by atoms with E-state index in [0.29, 0.717) is 11.8 Å². The van der Waals surface area contributed by atoms with Crippen LogP contribution in [-0.4, -0.2) is 29.0 Å². The number of nitrogen functional groups attached to an aromatic ring is 1. The number of hydrogen-bond acceptors (Lipinski definition) is 6. The summed E-state index contributed by atoms with van der Waals surface area (Å²) in [6, 6.07) is 1.29. The van der Waals surface area contributed by atoms with E-state index < -0.39 is 0 Å². The Morgan fingerprint density at radius 2 is 2.33 bits per heavy atom. The van der Waals surface area contributed by atoms with Crippen molar-refractivity contribution in [2.24, 2.45) is 5.84 Å². The minimum Gasteiger partial charge on any atom is -0.358 e. The number of aromatic nitrogens is 2. The van der Waals surface area contributed by atoms with Gasteiger partial charge in [0.2, 0.25) is 11.9 Å². The fraction of sp³-hybridized carbons (Fsp3) is 0.375. The van der Waals surface area contributed by atoms with E-state index in [2.05, 4.69) is 26.0 Å². The lowest BCUT2D eigenvalue weighted by atomic mass is 10.3. The molecular formula is C8H14N6O. The molecule has 7 nitrogen and oxygen atoms in total. The van der Waals surface area contributed by atoms with Crippen LogP contribution in [0.5, 0.6) is 0 Å². The van der Waals surface area contributed by atoms with Gasteiger partial charge in [-0.1, -0.05) is 0 Å². The predicted octanol–water partition coefficient (Wildman–Crippen LogP) is -0.691. The van der Waals surface area contributed by atoms with Crippen LogP contribution in [0.1, 0.15) is 6.92 Å². The van der Waals surface area contributed by atoms with Gasteiger partial charge in [0.05, 0.1) is 0 Å². The Morgan fingerprint density at radius 1 is 1.60 bits per heavy atom. The Kier molecular flexibility index (Phi) is 3.81. The summed E-state index contributed by atoms with van der Waals surface area (Å²) in [5, 5.41) is 5.44. The van der Waals surface area contributed by atoms with Crippen LogP contribution in [0.2, 0.25) is 0 Å². The summed E-state index contributed by atoms with van der Waals surface area (Å²) >= 11 is 0. The molecule has 0 bridgehead atoms. The van der Waals surface area contributed by atoms with Gasteiger partial charge in [-0.15, -0.1) is 0 Å². The molecule has 0 radical (unpaired) electrons. The zero-order chi connectivity index (χ0) is 11.3. The third-order valence-corrected chi connectivity index (χ3v) is 1.79. The summed E-state index contributed by atoms with van der Waals surface area (Å²) in [5.41, 5.74) is 2.32. The van der Waals surface area contributed by atoms with Crippen molar-refractivity contribution in [1.82, 2.24) is 15.3 Å². The van der Waals surface area contributed by atoms with E-state index in [1.54, 1.807) is 26.2 Å². The number of amides is 1. The Hall–Kier alpha value is -1.89. The quantitative estimate of drug-likeness (QED) is 0.387. The highest BCUT2D eigenvalue weighted by molar-refractivity contribution is 5.83. The van der Waals surface area contributed by atoms with Crippen molar-refractivity contribution in [2.75, 3.05) is 17.8 Å². The van der Waals surface area contributed by atoms with Gasteiger partial charge in [-0.05, 0) is 13.0 Å². The maximum Gasteiger partial charge on any atom is 0.241 e. The molecule has 0 aliphatic carbocycles. The van der Waals surface area contributed by atoms with Crippen LogP contribution in [0.15, 0.2) is 12.3 Å². The van der Waals surface area contributed by atoms with Crippen molar-refractivity contribution in [2.45, 2.75) is 13.0 Å². The molecule has 0 saturated heterocycles. The van der Waals surface area contributed by atoms with Gasteiger partial charge in [0, 0.05) is 13.2 Å². The molecule has 0 aliphatic rings. The number of carbonyl (C=O) groups is 1. The first-order chi connectivity index (χ1) is 7.17. The van der Waals surface area contributed by atoms with Gasteiger partial charge in [-0.2, -0.15) is 4.98 Å². The van der Waals surface area contributed by atoms with Gasteiger partial charge in [-0.25, -0.2) is 10.8 Å². The van der Waals surface area contributed by atoms with Gasteiger partial charge in [0.25, 0.3) is 0 Å². The van der Waals surface area contributed by atoms with Crippen molar-refractivity contribution < 1.29 is 4.79 Å². The van der Waals surface area contributed by atoms with Gasteiger partial charge < -0.3 is 10.6 Å². The fourth-order valence-electron chi connectivity index (χ4n) is 1.01. The first-order valence-corrected chi connectivity index (χ1v) is 4.45. The van der Waals surface area contributed by atoms with E-state index in [1.165, 1.54) is 0 Å². The average molecular weight is 210 g/mol. The van der Waals surface area contributed by atoms with Crippen LogP contribution < -0.4 is 21.9 Å². The normalized spacial score (nSPS) is 11.7. The average Bonchev–Trinajstić information content (AvgIpc) is 2.28. The topological polar surface area (TPSA) is 105 Å². The van der Waals surface area contributed by atoms with E-state index in [9.17, 15) is 4.79 Å². The van der Waals surface area contributed by atoms with Gasteiger partial charge in [0.15, 0.2) is 0 Å². The molecule has 82 valence electrons. The second kappa shape index (κ2) is 5.11. The number of nitrogens with zero attached hydrogens (tertiary/aromatic N) is 2. The Balaban J connectivity index is 2.67. The van der Waals surface area contributed by atoms with E-state index >= 15 is 0 Å². The summed E-state index contributed by atoms with van der Waals surface area (Å²) in [5.74, 6) is 5.87. The first kappa shape index (κ1) is 11.2. The van der Waals surface area contributed by atoms with Crippen molar-refractivity contribution in [3.63, 3.8) is 0 Å². The molecule has 1 rings (SSSR count). The summed E-state index contributed by atoms with van der Waals surface area (Å²) in [4.78, 5) is 19.1. The molecule has 1 heterocycles. The van der Waals surface area contributed by atoms with E-state index in [-0.39, 0.29) is 11.9 Å². The largest absolute Gasteiger partial charge is 0.358 e. The first-order valence-electron chi connectivity index (χ1n) is 4.45. The van der Waals surface area contributed by atoms with Crippen LogP contribution in [0.3, 0.4) is 0 Å². The zero-order valence-corrected chi connectivity index (χ0v) is 8.61. The lowest BCUT2D eigenvalue weighted by Gasteiger charge is -2.12. The minimum atomic E-state index is -0.365. The number of rotatable bonds is 4. The van der Waals surface area contributed by atoms with Gasteiger partial charge >= 0.3 is 0 Å². The van der Waals surface area contributed by atoms with Crippen molar-refractivity contribution in [3.8, 4) is 0 Å². The second-order valence-electron chi connectivity index (χ2n) is 2.89. The van der Waals surface area contributed by atoms with Crippen LogP contribution in [0.25, 0.3) is 0 Å². The Labute approximate surface area is 87.5 Å². The number of likely N-dealkylation sites (N-methyl/N-ethyl adjacent to an activating group) is 1. The summed E-state index contributed by atoms with van der Waals surface area (Å²) in [6.45, 7) is 1.73. The minimum absolute atomic E-state index is 0.115. The zero-order valence-electron chi connectivity index (χ0n) is 8.61.